The molecule has 0 saturated heterocycles. The maximum Gasteiger partial charge on any atom is 0.328 e. The number of carbonyl (C=O) groups excluding carboxylic acids is 1. The summed E-state index contributed by atoms with van der Waals surface area (Å²) in [6, 6.07) is 7.01. The Hall–Kier alpha value is -1.88. The van der Waals surface area contributed by atoms with Crippen LogP contribution in [0.1, 0.15) is 39.1 Å². The number of hydrogen-bond acceptors (Lipinski definition) is 4. The number of nitrogens with zero attached hydrogens (tertiary/aromatic N) is 2. The van der Waals surface area contributed by atoms with E-state index < -0.39 is 6.04 Å². The summed E-state index contributed by atoms with van der Waals surface area (Å²) in [4.78, 5) is 16.5. The third-order valence-electron chi connectivity index (χ3n) is 3.48. The second kappa shape index (κ2) is 6.72. The Morgan fingerprint density at radius 1 is 1.33 bits per heavy atom. The first-order valence-corrected chi connectivity index (χ1v) is 7.28. The number of para-hydroxylation sites is 2. The van der Waals surface area contributed by atoms with Crippen LogP contribution in [0.2, 0.25) is 0 Å². The van der Waals surface area contributed by atoms with Crippen LogP contribution in [0.4, 0.5) is 0 Å². The number of benzene rings is 1. The lowest BCUT2D eigenvalue weighted by Gasteiger charge is -2.16. The molecule has 21 heavy (non-hydrogen) atoms. The molecule has 114 valence electrons. The van der Waals surface area contributed by atoms with Gasteiger partial charge >= 0.3 is 5.97 Å². The van der Waals surface area contributed by atoms with Crippen molar-refractivity contribution in [3.05, 3.63) is 30.1 Å². The van der Waals surface area contributed by atoms with Gasteiger partial charge in [-0.25, -0.2) is 9.78 Å². The summed E-state index contributed by atoms with van der Waals surface area (Å²) in [6.45, 7) is 6.15. The topological polar surface area (TPSA) is 64.3 Å². The Kier molecular flexibility index (Phi) is 4.96. The number of rotatable bonds is 6. The van der Waals surface area contributed by atoms with Crippen molar-refractivity contribution < 1.29 is 14.6 Å². The van der Waals surface area contributed by atoms with Gasteiger partial charge in [-0.05, 0) is 31.4 Å². The van der Waals surface area contributed by atoms with E-state index in [2.05, 4.69) is 18.8 Å². The number of aliphatic hydroxyl groups is 1. The molecule has 1 unspecified atom stereocenters. The standard InChI is InChI=1S/C16H22N2O3/c1-11(2)8-9-21-16(20)12(3)18-14-7-5-4-6-13(14)17-15(18)10-19/h4-7,11-12,19H,8-10H2,1-3H3. The highest BCUT2D eigenvalue weighted by Crippen LogP contribution is 2.22. The van der Waals surface area contributed by atoms with E-state index in [4.69, 9.17) is 4.74 Å². The van der Waals surface area contributed by atoms with Crippen LogP contribution in [-0.4, -0.2) is 27.2 Å². The SMILES string of the molecule is CC(C)CCOC(=O)C(C)n1c(CO)nc2ccccc21. The van der Waals surface area contributed by atoms with Crippen LogP contribution in [0.5, 0.6) is 0 Å². The molecule has 0 amide bonds. The zero-order valence-corrected chi connectivity index (χ0v) is 12.7. The lowest BCUT2D eigenvalue weighted by Crippen LogP contribution is -2.21. The van der Waals surface area contributed by atoms with Gasteiger partial charge in [-0.2, -0.15) is 0 Å². The molecule has 1 heterocycles. The number of fused-ring (bicyclic) bond motifs is 1. The zero-order valence-electron chi connectivity index (χ0n) is 12.7. The van der Waals surface area contributed by atoms with Crippen molar-refractivity contribution in [1.29, 1.82) is 0 Å². The van der Waals surface area contributed by atoms with Crippen LogP contribution in [-0.2, 0) is 16.1 Å². The van der Waals surface area contributed by atoms with E-state index in [-0.39, 0.29) is 12.6 Å². The average molecular weight is 290 g/mol. The predicted octanol–water partition coefficient (Wildman–Crippen LogP) is 2.68. The van der Waals surface area contributed by atoms with Crippen molar-refractivity contribution in [1.82, 2.24) is 9.55 Å². The summed E-state index contributed by atoms with van der Waals surface area (Å²) >= 11 is 0. The average Bonchev–Trinajstić information content (AvgIpc) is 2.84. The summed E-state index contributed by atoms with van der Waals surface area (Å²) < 4.78 is 7.06. The Morgan fingerprint density at radius 2 is 2.05 bits per heavy atom. The summed E-state index contributed by atoms with van der Waals surface area (Å²) in [7, 11) is 0. The maximum absolute atomic E-state index is 12.2. The molecule has 1 aromatic heterocycles. The van der Waals surface area contributed by atoms with E-state index in [9.17, 15) is 9.90 Å². The van der Waals surface area contributed by atoms with Gasteiger partial charge in [0, 0.05) is 0 Å². The third kappa shape index (κ3) is 3.42. The van der Waals surface area contributed by atoms with Gasteiger partial charge < -0.3 is 14.4 Å². The fraction of sp³-hybridized carbons (Fsp3) is 0.500. The lowest BCUT2D eigenvalue weighted by atomic mass is 10.1. The van der Waals surface area contributed by atoms with Crippen LogP contribution in [0.25, 0.3) is 11.0 Å². The Labute approximate surface area is 124 Å². The first-order valence-electron chi connectivity index (χ1n) is 7.28. The van der Waals surface area contributed by atoms with Gasteiger partial charge in [-0.15, -0.1) is 0 Å². The van der Waals surface area contributed by atoms with Gasteiger partial charge in [0.25, 0.3) is 0 Å². The molecule has 2 rings (SSSR count). The molecule has 0 bridgehead atoms. The van der Waals surface area contributed by atoms with Gasteiger partial charge in [0.2, 0.25) is 0 Å². The van der Waals surface area contributed by atoms with Crippen LogP contribution in [0.3, 0.4) is 0 Å². The van der Waals surface area contributed by atoms with Crippen molar-refractivity contribution in [3.63, 3.8) is 0 Å². The number of ether oxygens (including phenoxy) is 1. The first-order chi connectivity index (χ1) is 10.0. The summed E-state index contributed by atoms with van der Waals surface area (Å²) in [5, 5.41) is 9.46. The van der Waals surface area contributed by atoms with Gasteiger partial charge in [-0.1, -0.05) is 26.0 Å². The maximum atomic E-state index is 12.2. The zero-order chi connectivity index (χ0) is 15.4. The molecule has 5 nitrogen and oxygen atoms in total. The minimum absolute atomic E-state index is 0.210. The highest BCUT2D eigenvalue weighted by atomic mass is 16.5. The summed E-state index contributed by atoms with van der Waals surface area (Å²) in [5.41, 5.74) is 1.60. The first kappa shape index (κ1) is 15.5. The number of aromatic nitrogens is 2. The predicted molar refractivity (Wildman–Crippen MR) is 80.8 cm³/mol. The van der Waals surface area contributed by atoms with E-state index in [1.165, 1.54) is 0 Å². The monoisotopic (exact) mass is 290 g/mol. The molecule has 0 fully saturated rings. The van der Waals surface area contributed by atoms with E-state index in [1.54, 1.807) is 11.5 Å². The molecule has 0 aliphatic carbocycles. The van der Waals surface area contributed by atoms with Gasteiger partial charge in [0.1, 0.15) is 18.5 Å². The Bertz CT molecular complexity index is 619. The molecule has 2 aromatic rings. The highest BCUT2D eigenvalue weighted by Gasteiger charge is 2.22. The van der Waals surface area contributed by atoms with Gasteiger partial charge in [0.05, 0.1) is 17.6 Å². The summed E-state index contributed by atoms with van der Waals surface area (Å²) in [5.74, 6) is 0.674. The van der Waals surface area contributed by atoms with Gasteiger partial charge in [0.15, 0.2) is 0 Å². The molecule has 1 atom stereocenters. The minimum atomic E-state index is -0.508. The molecule has 0 radical (unpaired) electrons. The molecule has 1 aromatic carbocycles. The molecule has 0 saturated carbocycles. The Morgan fingerprint density at radius 3 is 2.71 bits per heavy atom. The van der Waals surface area contributed by atoms with Crippen LogP contribution in [0, 0.1) is 5.92 Å². The summed E-state index contributed by atoms with van der Waals surface area (Å²) in [6.07, 6.45) is 0.843. The molecule has 0 aliphatic heterocycles. The number of esters is 1. The second-order valence-corrected chi connectivity index (χ2v) is 5.57. The van der Waals surface area contributed by atoms with Crippen LogP contribution in [0.15, 0.2) is 24.3 Å². The van der Waals surface area contributed by atoms with Crippen molar-refractivity contribution in [2.45, 2.75) is 39.8 Å². The van der Waals surface area contributed by atoms with Crippen molar-refractivity contribution in [2.75, 3.05) is 6.61 Å². The molecule has 5 heteroatoms. The number of aliphatic hydroxyl groups excluding tert-OH is 1. The fourth-order valence-corrected chi connectivity index (χ4v) is 2.26. The fourth-order valence-electron chi connectivity index (χ4n) is 2.26. The number of carbonyl (C=O) groups is 1. The largest absolute Gasteiger partial charge is 0.464 e. The lowest BCUT2D eigenvalue weighted by molar-refractivity contribution is -0.147. The van der Waals surface area contributed by atoms with E-state index in [1.807, 2.05) is 24.3 Å². The van der Waals surface area contributed by atoms with Crippen LogP contribution < -0.4 is 0 Å². The number of hydrogen-bond donors (Lipinski definition) is 1. The number of imidazole rings is 1. The van der Waals surface area contributed by atoms with Crippen LogP contribution >= 0.6 is 0 Å². The minimum Gasteiger partial charge on any atom is -0.464 e. The van der Waals surface area contributed by atoms with E-state index >= 15 is 0 Å². The third-order valence-corrected chi connectivity index (χ3v) is 3.48. The molecule has 0 spiro atoms. The smallest absolute Gasteiger partial charge is 0.328 e. The van der Waals surface area contributed by atoms with Gasteiger partial charge in [-0.3, -0.25) is 0 Å². The molecular weight excluding hydrogens is 268 g/mol. The second-order valence-electron chi connectivity index (χ2n) is 5.57. The van der Waals surface area contributed by atoms with E-state index in [0.717, 1.165) is 17.5 Å². The quantitative estimate of drug-likeness (QED) is 0.831. The molecular formula is C16H22N2O3. The van der Waals surface area contributed by atoms with E-state index in [0.29, 0.717) is 18.3 Å². The highest BCUT2D eigenvalue weighted by molar-refractivity contribution is 5.81. The molecule has 0 aliphatic rings. The Balaban J connectivity index is 2.21. The van der Waals surface area contributed by atoms with Crippen molar-refractivity contribution in [3.8, 4) is 0 Å². The van der Waals surface area contributed by atoms with Crippen molar-refractivity contribution in [2.24, 2.45) is 5.92 Å². The molecule has 1 N–H and O–H groups in total. The normalized spacial score (nSPS) is 12.8. The van der Waals surface area contributed by atoms with Crippen molar-refractivity contribution >= 4 is 17.0 Å².